The Balaban J connectivity index is 1.46. The Labute approximate surface area is 184 Å². The first-order valence-electron chi connectivity index (χ1n) is 11.5. The van der Waals surface area contributed by atoms with E-state index in [2.05, 4.69) is 27.7 Å². The Morgan fingerprint density at radius 2 is 1.74 bits per heavy atom. The highest BCUT2D eigenvalue weighted by Crippen LogP contribution is 2.38. The summed E-state index contributed by atoms with van der Waals surface area (Å²) in [6.07, 6.45) is -2.20. The number of rotatable bonds is 6. The molecule has 10 atom stereocenters. The van der Waals surface area contributed by atoms with Crippen molar-refractivity contribution >= 4 is 0 Å². The van der Waals surface area contributed by atoms with Crippen molar-refractivity contribution in [2.45, 2.75) is 77.2 Å². The molecule has 1 aromatic carbocycles. The summed E-state index contributed by atoms with van der Waals surface area (Å²) >= 11 is 0. The van der Waals surface area contributed by atoms with E-state index in [1.165, 1.54) is 0 Å². The Morgan fingerprint density at radius 3 is 2.42 bits per heavy atom. The van der Waals surface area contributed by atoms with Crippen LogP contribution in [0.5, 0.6) is 0 Å². The molecule has 3 saturated heterocycles. The predicted octanol–water partition coefficient (Wildman–Crippen LogP) is 3.26. The van der Waals surface area contributed by atoms with Crippen LogP contribution >= 0.6 is 0 Å². The fourth-order valence-corrected chi connectivity index (χ4v) is 4.79. The lowest BCUT2D eigenvalue weighted by molar-refractivity contribution is -0.324. The standard InChI is InChI=1S/C24H36O7/c1-5-18-15(3)14(2)16(4)23(29-18)27-12-19-21(25)22(20-11-26-13-28-20)31-24(30-19)17-9-7-6-8-10-17/h6-10,14-16,18-25H,5,11-13H2,1-4H3/t14-,15-,16+,18+,19-,20+,21+,22+,23+,24?/m0/s1. The highest BCUT2D eigenvalue weighted by atomic mass is 16.8. The molecule has 7 heteroatoms. The molecule has 0 saturated carbocycles. The van der Waals surface area contributed by atoms with Gasteiger partial charge in [0.25, 0.3) is 0 Å². The first-order valence-corrected chi connectivity index (χ1v) is 11.5. The van der Waals surface area contributed by atoms with Gasteiger partial charge < -0.3 is 33.5 Å². The molecule has 0 radical (unpaired) electrons. The molecular formula is C24H36O7. The Kier molecular flexibility index (Phi) is 7.64. The summed E-state index contributed by atoms with van der Waals surface area (Å²) in [7, 11) is 0. The Hall–Kier alpha value is -1.06. The van der Waals surface area contributed by atoms with E-state index >= 15 is 0 Å². The molecule has 3 aliphatic rings. The third-order valence-corrected chi connectivity index (χ3v) is 7.19. The number of aliphatic hydroxyl groups is 1. The Bertz CT molecular complexity index is 678. The molecule has 3 heterocycles. The maximum Gasteiger partial charge on any atom is 0.184 e. The van der Waals surface area contributed by atoms with E-state index in [9.17, 15) is 5.11 Å². The quantitative estimate of drug-likeness (QED) is 0.734. The van der Waals surface area contributed by atoms with Gasteiger partial charge in [0.2, 0.25) is 0 Å². The summed E-state index contributed by atoms with van der Waals surface area (Å²) in [5, 5.41) is 11.0. The van der Waals surface area contributed by atoms with Crippen molar-refractivity contribution in [2.75, 3.05) is 20.0 Å². The fourth-order valence-electron chi connectivity index (χ4n) is 4.79. The van der Waals surface area contributed by atoms with Gasteiger partial charge in [-0.05, 0) is 18.3 Å². The van der Waals surface area contributed by atoms with Crippen LogP contribution in [-0.2, 0) is 28.4 Å². The van der Waals surface area contributed by atoms with Crippen molar-refractivity contribution < 1.29 is 33.5 Å². The van der Waals surface area contributed by atoms with Crippen LogP contribution in [0.4, 0.5) is 0 Å². The molecule has 0 amide bonds. The SMILES string of the molecule is CC[C@H]1O[C@@H](OC[C@@H]2OC(c3ccccc3)O[C@H]([C@H]3COCO3)[C@@H]2O)[C@H](C)[C@@H](C)[C@@H]1C. The molecule has 1 N–H and O–H groups in total. The lowest BCUT2D eigenvalue weighted by atomic mass is 9.78. The minimum Gasteiger partial charge on any atom is -0.387 e. The van der Waals surface area contributed by atoms with E-state index in [-0.39, 0.29) is 37.8 Å². The number of hydrogen-bond donors (Lipinski definition) is 1. The third kappa shape index (κ3) is 4.98. The minimum atomic E-state index is -0.899. The predicted molar refractivity (Wildman–Crippen MR) is 113 cm³/mol. The largest absolute Gasteiger partial charge is 0.387 e. The molecule has 1 aromatic rings. The highest BCUT2D eigenvalue weighted by Gasteiger charge is 2.46. The average molecular weight is 437 g/mol. The highest BCUT2D eigenvalue weighted by molar-refractivity contribution is 5.16. The van der Waals surface area contributed by atoms with E-state index in [1.54, 1.807) is 0 Å². The molecule has 3 aliphatic heterocycles. The van der Waals surface area contributed by atoms with Gasteiger partial charge >= 0.3 is 0 Å². The number of benzene rings is 1. The molecular weight excluding hydrogens is 400 g/mol. The molecule has 31 heavy (non-hydrogen) atoms. The summed E-state index contributed by atoms with van der Waals surface area (Å²) in [6.45, 7) is 9.61. The van der Waals surface area contributed by atoms with Gasteiger partial charge in [0.1, 0.15) is 31.2 Å². The molecule has 0 aromatic heterocycles. The van der Waals surface area contributed by atoms with Gasteiger partial charge in [0.05, 0.1) is 19.3 Å². The molecule has 0 aliphatic carbocycles. The number of hydrogen-bond acceptors (Lipinski definition) is 7. The van der Waals surface area contributed by atoms with E-state index in [4.69, 9.17) is 28.4 Å². The van der Waals surface area contributed by atoms with Crippen LogP contribution in [0.15, 0.2) is 30.3 Å². The second kappa shape index (κ2) is 10.3. The molecule has 1 unspecified atom stereocenters. The summed E-state index contributed by atoms with van der Waals surface area (Å²) < 4.78 is 35.7. The van der Waals surface area contributed by atoms with E-state index in [1.807, 2.05) is 30.3 Å². The first kappa shape index (κ1) is 23.1. The molecule has 0 bridgehead atoms. The van der Waals surface area contributed by atoms with Crippen LogP contribution in [0.1, 0.15) is 46.0 Å². The van der Waals surface area contributed by atoms with Crippen molar-refractivity contribution in [1.29, 1.82) is 0 Å². The maximum absolute atomic E-state index is 11.0. The lowest BCUT2D eigenvalue weighted by Crippen LogP contribution is -2.55. The van der Waals surface area contributed by atoms with Gasteiger partial charge in [-0.3, -0.25) is 0 Å². The number of ether oxygens (including phenoxy) is 6. The first-order chi connectivity index (χ1) is 15.0. The topological polar surface area (TPSA) is 75.6 Å². The van der Waals surface area contributed by atoms with E-state index < -0.39 is 24.6 Å². The van der Waals surface area contributed by atoms with Crippen LogP contribution < -0.4 is 0 Å². The van der Waals surface area contributed by atoms with Crippen LogP contribution in [0.3, 0.4) is 0 Å². The van der Waals surface area contributed by atoms with Crippen molar-refractivity contribution in [1.82, 2.24) is 0 Å². The van der Waals surface area contributed by atoms with Crippen LogP contribution in [0.2, 0.25) is 0 Å². The van der Waals surface area contributed by atoms with Crippen LogP contribution in [0.25, 0.3) is 0 Å². The fraction of sp³-hybridized carbons (Fsp3) is 0.750. The molecule has 4 rings (SSSR count). The van der Waals surface area contributed by atoms with Crippen molar-refractivity contribution in [3.8, 4) is 0 Å². The lowest BCUT2D eigenvalue weighted by Gasteiger charge is -2.45. The maximum atomic E-state index is 11.0. The van der Waals surface area contributed by atoms with Gasteiger partial charge in [0, 0.05) is 11.5 Å². The second-order valence-corrected chi connectivity index (χ2v) is 9.06. The van der Waals surface area contributed by atoms with Crippen molar-refractivity contribution in [3.63, 3.8) is 0 Å². The zero-order chi connectivity index (χ0) is 22.0. The zero-order valence-electron chi connectivity index (χ0n) is 18.9. The minimum absolute atomic E-state index is 0.172. The summed E-state index contributed by atoms with van der Waals surface area (Å²) in [6, 6.07) is 9.72. The smallest absolute Gasteiger partial charge is 0.184 e. The van der Waals surface area contributed by atoms with Gasteiger partial charge in [-0.1, -0.05) is 58.0 Å². The molecule has 7 nitrogen and oxygen atoms in total. The van der Waals surface area contributed by atoms with Gasteiger partial charge in [-0.15, -0.1) is 0 Å². The second-order valence-electron chi connectivity index (χ2n) is 9.06. The molecule has 0 spiro atoms. The van der Waals surface area contributed by atoms with E-state index in [0.717, 1.165) is 12.0 Å². The molecule has 174 valence electrons. The normalized spacial score (nSPS) is 43.8. The van der Waals surface area contributed by atoms with Gasteiger partial charge in [-0.2, -0.15) is 0 Å². The number of aliphatic hydroxyl groups excluding tert-OH is 1. The van der Waals surface area contributed by atoms with Crippen LogP contribution in [-0.4, -0.2) is 61.9 Å². The average Bonchev–Trinajstić information content (AvgIpc) is 3.33. The van der Waals surface area contributed by atoms with Crippen LogP contribution in [0, 0.1) is 17.8 Å². The monoisotopic (exact) mass is 436 g/mol. The van der Waals surface area contributed by atoms with E-state index in [0.29, 0.717) is 18.4 Å². The molecule has 3 fully saturated rings. The Morgan fingerprint density at radius 1 is 0.968 bits per heavy atom. The zero-order valence-corrected chi connectivity index (χ0v) is 18.9. The van der Waals surface area contributed by atoms with Gasteiger partial charge in [-0.25, -0.2) is 0 Å². The summed E-state index contributed by atoms with van der Waals surface area (Å²) in [4.78, 5) is 0. The van der Waals surface area contributed by atoms with Crippen molar-refractivity contribution in [3.05, 3.63) is 35.9 Å². The van der Waals surface area contributed by atoms with Crippen molar-refractivity contribution in [2.24, 2.45) is 17.8 Å². The summed E-state index contributed by atoms with van der Waals surface area (Å²) in [5.41, 5.74) is 0.888. The van der Waals surface area contributed by atoms with Gasteiger partial charge in [0.15, 0.2) is 12.6 Å². The summed E-state index contributed by atoms with van der Waals surface area (Å²) in [5.74, 6) is 1.22. The third-order valence-electron chi connectivity index (χ3n) is 7.19.